The normalized spacial score (nSPS) is 17.1. The van der Waals surface area contributed by atoms with Gasteiger partial charge in [0.15, 0.2) is 11.4 Å². The number of imidazole rings is 1. The molecule has 5 rings (SSSR count). The molecule has 1 aliphatic rings. The lowest BCUT2D eigenvalue weighted by Crippen LogP contribution is -2.38. The molecule has 0 unspecified atom stereocenters. The van der Waals surface area contributed by atoms with E-state index in [1.54, 1.807) is 34.9 Å². The molecule has 1 aliphatic heterocycles. The lowest BCUT2D eigenvalue weighted by atomic mass is 10.1. The smallest absolute Gasteiger partial charge is 0.415 e. The Kier molecular flexibility index (Phi) is 4.62. The lowest BCUT2D eigenvalue weighted by Gasteiger charge is -2.22. The third-order valence-corrected chi connectivity index (χ3v) is 5.07. The van der Waals surface area contributed by atoms with E-state index in [9.17, 15) is 14.5 Å². The van der Waals surface area contributed by atoms with Gasteiger partial charge >= 0.3 is 11.8 Å². The van der Waals surface area contributed by atoms with Crippen LogP contribution in [0.15, 0.2) is 65.3 Å². The van der Waals surface area contributed by atoms with Gasteiger partial charge in [-0.05, 0) is 48.2 Å². The SMILES string of the molecule is C[C@]1(COc2ccc(-c3cc(-c4cccc(F)c4)on3)cc2)Cn2cc([N+](=O)[O-])nc2O1. The van der Waals surface area contributed by atoms with E-state index in [4.69, 9.17) is 14.0 Å². The lowest BCUT2D eigenvalue weighted by molar-refractivity contribution is -0.389. The quantitative estimate of drug-likeness (QED) is 0.324. The van der Waals surface area contributed by atoms with Crippen molar-refractivity contribution in [2.24, 2.45) is 0 Å². The Morgan fingerprint density at radius 2 is 2.03 bits per heavy atom. The summed E-state index contributed by atoms with van der Waals surface area (Å²) in [6.07, 6.45) is 1.35. The zero-order valence-corrected chi connectivity index (χ0v) is 16.9. The predicted molar refractivity (Wildman–Crippen MR) is 111 cm³/mol. The van der Waals surface area contributed by atoms with Gasteiger partial charge in [-0.1, -0.05) is 17.3 Å². The summed E-state index contributed by atoms with van der Waals surface area (Å²) < 4.78 is 32.0. The molecule has 0 saturated carbocycles. The third-order valence-electron chi connectivity index (χ3n) is 5.07. The first-order valence-corrected chi connectivity index (χ1v) is 9.75. The fourth-order valence-corrected chi connectivity index (χ4v) is 3.50. The van der Waals surface area contributed by atoms with Crippen molar-refractivity contribution in [3.05, 3.63) is 76.7 Å². The van der Waals surface area contributed by atoms with Gasteiger partial charge in [-0.25, -0.2) is 4.39 Å². The molecule has 0 N–H and O–H groups in total. The van der Waals surface area contributed by atoms with Crippen LogP contribution in [0.4, 0.5) is 10.2 Å². The average molecular weight is 436 g/mol. The topological polar surface area (TPSA) is 105 Å². The number of fused-ring (bicyclic) bond motifs is 1. The first-order chi connectivity index (χ1) is 15.4. The maximum absolute atomic E-state index is 13.4. The molecular formula is C22H17FN4O5. The molecule has 0 saturated heterocycles. The summed E-state index contributed by atoms with van der Waals surface area (Å²) in [4.78, 5) is 14.1. The van der Waals surface area contributed by atoms with Crippen molar-refractivity contribution in [2.75, 3.05) is 6.61 Å². The highest BCUT2D eigenvalue weighted by molar-refractivity contribution is 5.67. The van der Waals surface area contributed by atoms with Gasteiger partial charge in [-0.3, -0.25) is 4.57 Å². The van der Waals surface area contributed by atoms with Gasteiger partial charge in [0.2, 0.25) is 0 Å². The van der Waals surface area contributed by atoms with E-state index in [0.29, 0.717) is 29.3 Å². The number of nitro groups is 1. The van der Waals surface area contributed by atoms with Crippen molar-refractivity contribution >= 4 is 5.82 Å². The third kappa shape index (κ3) is 3.78. The molecule has 32 heavy (non-hydrogen) atoms. The molecule has 0 spiro atoms. The van der Waals surface area contributed by atoms with Crippen LogP contribution in [-0.4, -0.2) is 31.8 Å². The Morgan fingerprint density at radius 3 is 2.75 bits per heavy atom. The number of ether oxygens (including phenoxy) is 2. The molecule has 162 valence electrons. The van der Waals surface area contributed by atoms with Crippen molar-refractivity contribution < 1.29 is 23.3 Å². The standard InChI is InChI=1S/C22H17FN4O5/c1-22(12-26-11-20(27(28)29)24-21(26)31-22)13-30-17-7-5-14(6-8-17)18-10-19(32-25-18)15-3-2-4-16(23)9-15/h2-11H,12-13H2,1H3/t22-/m1/s1. The Morgan fingerprint density at radius 1 is 1.22 bits per heavy atom. The van der Waals surface area contributed by atoms with Crippen LogP contribution >= 0.6 is 0 Å². The van der Waals surface area contributed by atoms with E-state index in [1.165, 1.54) is 18.3 Å². The van der Waals surface area contributed by atoms with Gasteiger partial charge in [0.05, 0.1) is 6.54 Å². The van der Waals surface area contributed by atoms with E-state index < -0.39 is 10.5 Å². The van der Waals surface area contributed by atoms with Crippen LogP contribution in [0.25, 0.3) is 22.6 Å². The molecule has 3 heterocycles. The summed E-state index contributed by atoms with van der Waals surface area (Å²) in [5.41, 5.74) is 1.36. The molecular weight excluding hydrogens is 419 g/mol. The fraction of sp³-hybridized carbons (Fsp3) is 0.182. The van der Waals surface area contributed by atoms with Gasteiger partial charge in [0, 0.05) is 22.2 Å². The van der Waals surface area contributed by atoms with Crippen molar-refractivity contribution in [2.45, 2.75) is 19.1 Å². The number of halogens is 1. The van der Waals surface area contributed by atoms with E-state index in [-0.39, 0.29) is 24.3 Å². The summed E-state index contributed by atoms with van der Waals surface area (Å²) in [6.45, 7) is 2.48. The van der Waals surface area contributed by atoms with Gasteiger partial charge in [-0.15, -0.1) is 0 Å². The molecule has 2 aromatic heterocycles. The summed E-state index contributed by atoms with van der Waals surface area (Å²) in [6, 6.07) is 15.4. The average Bonchev–Trinajstić information content (AvgIpc) is 3.47. The number of nitrogens with zero attached hydrogens (tertiary/aromatic N) is 4. The largest absolute Gasteiger partial charge is 0.489 e. The Bertz CT molecular complexity index is 1270. The first kappa shape index (κ1) is 19.7. The number of rotatable bonds is 6. The molecule has 10 heteroatoms. The molecule has 9 nitrogen and oxygen atoms in total. The second kappa shape index (κ2) is 7.49. The molecule has 4 aromatic rings. The molecule has 0 fully saturated rings. The highest BCUT2D eigenvalue weighted by Gasteiger charge is 2.41. The number of aromatic nitrogens is 3. The number of hydrogen-bond acceptors (Lipinski definition) is 7. The van der Waals surface area contributed by atoms with E-state index >= 15 is 0 Å². The minimum absolute atomic E-state index is 0.207. The van der Waals surface area contributed by atoms with Crippen molar-refractivity contribution in [1.29, 1.82) is 0 Å². The zero-order chi connectivity index (χ0) is 22.3. The number of benzene rings is 2. The van der Waals surface area contributed by atoms with Crippen LogP contribution in [0.5, 0.6) is 11.8 Å². The summed E-state index contributed by atoms with van der Waals surface area (Å²) in [5, 5.41) is 14.9. The summed E-state index contributed by atoms with van der Waals surface area (Å²) in [7, 11) is 0. The van der Waals surface area contributed by atoms with Crippen LogP contribution in [0.1, 0.15) is 6.92 Å². The number of hydrogen-bond donors (Lipinski definition) is 0. The molecule has 0 bridgehead atoms. The van der Waals surface area contributed by atoms with Crippen LogP contribution < -0.4 is 9.47 Å². The second-order valence-corrected chi connectivity index (χ2v) is 7.72. The molecule has 2 aromatic carbocycles. The van der Waals surface area contributed by atoms with Gasteiger partial charge in [0.25, 0.3) is 0 Å². The fourth-order valence-electron chi connectivity index (χ4n) is 3.50. The van der Waals surface area contributed by atoms with Crippen LogP contribution in [-0.2, 0) is 6.54 Å². The molecule has 0 radical (unpaired) electrons. The van der Waals surface area contributed by atoms with Gasteiger partial charge in [0.1, 0.15) is 30.1 Å². The minimum atomic E-state index is -0.692. The predicted octanol–water partition coefficient (Wildman–Crippen LogP) is 4.48. The summed E-state index contributed by atoms with van der Waals surface area (Å²) in [5.74, 6) is 0.516. The summed E-state index contributed by atoms with van der Waals surface area (Å²) >= 11 is 0. The molecule has 0 aliphatic carbocycles. The van der Waals surface area contributed by atoms with Crippen LogP contribution in [0, 0.1) is 15.9 Å². The van der Waals surface area contributed by atoms with Crippen molar-refractivity contribution in [3.8, 4) is 34.3 Å². The first-order valence-electron chi connectivity index (χ1n) is 9.75. The highest BCUT2D eigenvalue weighted by Crippen LogP contribution is 2.32. The minimum Gasteiger partial charge on any atom is -0.489 e. The van der Waals surface area contributed by atoms with E-state index in [0.717, 1.165) is 5.56 Å². The van der Waals surface area contributed by atoms with Crippen LogP contribution in [0.2, 0.25) is 0 Å². The Hall–Kier alpha value is -4.21. The maximum Gasteiger partial charge on any atom is 0.415 e. The van der Waals surface area contributed by atoms with Crippen molar-refractivity contribution in [1.82, 2.24) is 14.7 Å². The van der Waals surface area contributed by atoms with Gasteiger partial charge < -0.3 is 24.1 Å². The molecule has 0 amide bonds. The maximum atomic E-state index is 13.4. The highest BCUT2D eigenvalue weighted by atomic mass is 19.1. The monoisotopic (exact) mass is 436 g/mol. The molecule has 1 atom stereocenters. The van der Waals surface area contributed by atoms with Gasteiger partial charge in [-0.2, -0.15) is 0 Å². The van der Waals surface area contributed by atoms with Crippen molar-refractivity contribution in [3.63, 3.8) is 0 Å². The van der Waals surface area contributed by atoms with E-state index in [1.807, 2.05) is 19.1 Å². The second-order valence-electron chi connectivity index (χ2n) is 7.72. The van der Waals surface area contributed by atoms with Crippen LogP contribution in [0.3, 0.4) is 0 Å². The zero-order valence-electron chi connectivity index (χ0n) is 16.9. The Balaban J connectivity index is 1.23. The van der Waals surface area contributed by atoms with E-state index in [2.05, 4.69) is 10.1 Å². The Labute approximate surface area is 181 Å².